The number of aromatic nitrogens is 3. The Morgan fingerprint density at radius 1 is 1.04 bits per heavy atom. The minimum absolute atomic E-state index is 0.0761. The molecule has 1 fully saturated rings. The van der Waals surface area contributed by atoms with E-state index in [1.54, 1.807) is 17.5 Å². The summed E-state index contributed by atoms with van der Waals surface area (Å²) in [6.45, 7) is 2.32. The maximum absolute atomic E-state index is 5.91. The van der Waals surface area contributed by atoms with Crippen molar-refractivity contribution in [1.82, 2.24) is 15.2 Å². The highest BCUT2D eigenvalue weighted by atomic mass is 32.1. The van der Waals surface area contributed by atoms with Crippen LogP contribution >= 0.6 is 11.3 Å². The lowest BCUT2D eigenvalue weighted by Crippen LogP contribution is -2.38. The van der Waals surface area contributed by atoms with Crippen LogP contribution in [0.15, 0.2) is 54.7 Å². The Bertz CT molecular complexity index is 763. The van der Waals surface area contributed by atoms with E-state index in [1.807, 2.05) is 36.4 Å². The normalized spacial score (nSPS) is 18.1. The molecule has 1 aliphatic heterocycles. The van der Waals surface area contributed by atoms with E-state index in [2.05, 4.69) is 32.2 Å². The average Bonchev–Trinajstić information content (AvgIpc) is 3.14. The largest absolute Gasteiger partial charge is 0.370 e. The van der Waals surface area contributed by atoms with E-state index < -0.39 is 0 Å². The number of hydrogen-bond acceptors (Lipinski definition) is 6. The molecule has 3 aromatic rings. The zero-order chi connectivity index (χ0) is 15.5. The second-order valence-electron chi connectivity index (χ2n) is 5.32. The first kappa shape index (κ1) is 14.3. The fourth-order valence-electron chi connectivity index (χ4n) is 2.63. The van der Waals surface area contributed by atoms with Crippen molar-refractivity contribution in [1.29, 1.82) is 0 Å². The van der Waals surface area contributed by atoms with Crippen LogP contribution in [-0.2, 0) is 4.74 Å². The first-order chi connectivity index (χ1) is 11.4. The molecule has 0 saturated carbocycles. The first-order valence-electron chi connectivity index (χ1n) is 7.56. The topological polar surface area (TPSA) is 51.1 Å². The number of pyridine rings is 1. The Labute approximate surface area is 138 Å². The van der Waals surface area contributed by atoms with Gasteiger partial charge >= 0.3 is 0 Å². The molecule has 1 aromatic carbocycles. The van der Waals surface area contributed by atoms with Gasteiger partial charge in [0, 0.05) is 12.7 Å². The summed E-state index contributed by atoms with van der Waals surface area (Å²) in [5, 5.41) is 10.4. The van der Waals surface area contributed by atoms with Gasteiger partial charge in [-0.15, -0.1) is 10.2 Å². The summed E-state index contributed by atoms with van der Waals surface area (Å²) in [5.74, 6) is 0. The molecule has 0 aliphatic carbocycles. The molecular formula is C17H16N4OS. The van der Waals surface area contributed by atoms with Crippen molar-refractivity contribution in [3.8, 4) is 10.7 Å². The molecule has 0 unspecified atom stereocenters. The van der Waals surface area contributed by atoms with E-state index >= 15 is 0 Å². The van der Waals surface area contributed by atoms with Crippen LogP contribution in [0.3, 0.4) is 0 Å². The predicted octanol–water partition coefficient (Wildman–Crippen LogP) is 3.18. The van der Waals surface area contributed by atoms with Gasteiger partial charge in [0.2, 0.25) is 5.13 Å². The minimum atomic E-state index is 0.0761. The van der Waals surface area contributed by atoms with Crippen LogP contribution in [0.2, 0.25) is 0 Å². The number of rotatable bonds is 3. The Hall–Kier alpha value is -2.31. The van der Waals surface area contributed by atoms with Crippen LogP contribution in [0.4, 0.5) is 5.13 Å². The molecule has 1 atom stereocenters. The lowest BCUT2D eigenvalue weighted by Gasteiger charge is -2.32. The number of morpholine rings is 1. The third-order valence-electron chi connectivity index (χ3n) is 3.81. The molecule has 0 bridgehead atoms. The van der Waals surface area contributed by atoms with Crippen molar-refractivity contribution in [3.63, 3.8) is 0 Å². The second-order valence-corrected chi connectivity index (χ2v) is 6.28. The molecule has 2 aromatic heterocycles. The maximum atomic E-state index is 5.91. The molecule has 0 radical (unpaired) electrons. The summed E-state index contributed by atoms with van der Waals surface area (Å²) in [5.41, 5.74) is 2.07. The number of anilines is 1. The van der Waals surface area contributed by atoms with E-state index in [-0.39, 0.29) is 6.10 Å². The maximum Gasteiger partial charge on any atom is 0.208 e. The van der Waals surface area contributed by atoms with Crippen molar-refractivity contribution < 1.29 is 4.74 Å². The molecule has 116 valence electrons. The summed E-state index contributed by atoms with van der Waals surface area (Å²) < 4.78 is 5.91. The third kappa shape index (κ3) is 3.09. The van der Waals surface area contributed by atoms with Gasteiger partial charge in [0.05, 0.1) is 13.2 Å². The van der Waals surface area contributed by atoms with Gasteiger partial charge in [-0.2, -0.15) is 0 Å². The average molecular weight is 324 g/mol. The fraction of sp³-hybridized carbons (Fsp3) is 0.235. The zero-order valence-corrected chi connectivity index (χ0v) is 13.3. The van der Waals surface area contributed by atoms with Crippen LogP contribution in [0.1, 0.15) is 11.7 Å². The summed E-state index contributed by atoms with van der Waals surface area (Å²) >= 11 is 1.58. The van der Waals surface area contributed by atoms with E-state index in [4.69, 9.17) is 4.74 Å². The SMILES string of the molecule is c1ccc([C@H]2CN(c3nnc(-c4ccccn4)s3)CCO2)cc1. The molecule has 6 heteroatoms. The van der Waals surface area contributed by atoms with Gasteiger partial charge in [0.1, 0.15) is 11.8 Å². The summed E-state index contributed by atoms with van der Waals surface area (Å²) in [7, 11) is 0. The van der Waals surface area contributed by atoms with E-state index in [9.17, 15) is 0 Å². The monoisotopic (exact) mass is 324 g/mol. The molecule has 1 saturated heterocycles. The summed E-state index contributed by atoms with van der Waals surface area (Å²) in [6.07, 6.45) is 1.85. The van der Waals surface area contributed by atoms with Gasteiger partial charge in [-0.1, -0.05) is 47.7 Å². The number of hydrogen-bond donors (Lipinski definition) is 0. The van der Waals surface area contributed by atoms with Crippen LogP contribution < -0.4 is 4.90 Å². The van der Waals surface area contributed by atoms with Crippen LogP contribution in [0.25, 0.3) is 10.7 Å². The molecule has 0 spiro atoms. The van der Waals surface area contributed by atoms with Crippen LogP contribution in [-0.4, -0.2) is 34.9 Å². The molecule has 5 nitrogen and oxygen atoms in total. The molecule has 0 amide bonds. The molecule has 3 heterocycles. The number of nitrogens with zero attached hydrogens (tertiary/aromatic N) is 4. The zero-order valence-electron chi connectivity index (χ0n) is 12.5. The second kappa shape index (κ2) is 6.44. The van der Waals surface area contributed by atoms with Gasteiger partial charge in [-0.3, -0.25) is 4.98 Å². The highest BCUT2D eigenvalue weighted by Gasteiger charge is 2.24. The lowest BCUT2D eigenvalue weighted by atomic mass is 10.1. The van der Waals surface area contributed by atoms with Crippen molar-refractivity contribution in [2.45, 2.75) is 6.10 Å². The first-order valence-corrected chi connectivity index (χ1v) is 8.38. The van der Waals surface area contributed by atoms with Gasteiger partial charge in [-0.25, -0.2) is 0 Å². The molecule has 4 rings (SSSR count). The Morgan fingerprint density at radius 2 is 1.91 bits per heavy atom. The molecule has 23 heavy (non-hydrogen) atoms. The van der Waals surface area contributed by atoms with Gasteiger partial charge in [0.15, 0.2) is 5.01 Å². The Kier molecular flexibility index (Phi) is 4.00. The molecular weight excluding hydrogens is 308 g/mol. The minimum Gasteiger partial charge on any atom is -0.370 e. The van der Waals surface area contributed by atoms with Crippen molar-refractivity contribution in [2.24, 2.45) is 0 Å². The highest BCUT2D eigenvalue weighted by Crippen LogP contribution is 2.31. The van der Waals surface area contributed by atoms with Crippen molar-refractivity contribution >= 4 is 16.5 Å². The Balaban J connectivity index is 1.53. The van der Waals surface area contributed by atoms with Crippen LogP contribution in [0, 0.1) is 0 Å². The van der Waals surface area contributed by atoms with Crippen molar-refractivity contribution in [2.75, 3.05) is 24.6 Å². The lowest BCUT2D eigenvalue weighted by molar-refractivity contribution is 0.0397. The predicted molar refractivity (Wildman–Crippen MR) is 90.5 cm³/mol. The molecule has 0 N–H and O–H groups in total. The summed E-state index contributed by atoms with van der Waals surface area (Å²) in [4.78, 5) is 6.58. The van der Waals surface area contributed by atoms with Crippen LogP contribution in [0.5, 0.6) is 0 Å². The van der Waals surface area contributed by atoms with Gasteiger partial charge in [0.25, 0.3) is 0 Å². The van der Waals surface area contributed by atoms with Crippen molar-refractivity contribution in [3.05, 3.63) is 60.3 Å². The third-order valence-corrected chi connectivity index (χ3v) is 4.81. The van der Waals surface area contributed by atoms with E-state index in [0.717, 1.165) is 28.9 Å². The van der Waals surface area contributed by atoms with E-state index in [0.29, 0.717) is 6.61 Å². The smallest absolute Gasteiger partial charge is 0.208 e. The number of benzene rings is 1. The standard InChI is InChI=1S/C17H16N4OS/c1-2-6-13(7-3-1)15-12-21(10-11-22-15)17-20-19-16(23-17)14-8-4-5-9-18-14/h1-9,15H,10-12H2/t15-/m1/s1. The van der Waals surface area contributed by atoms with E-state index in [1.165, 1.54) is 5.56 Å². The highest BCUT2D eigenvalue weighted by molar-refractivity contribution is 7.18. The van der Waals surface area contributed by atoms with Gasteiger partial charge < -0.3 is 9.64 Å². The fourth-order valence-corrected chi connectivity index (χ4v) is 3.48. The van der Waals surface area contributed by atoms with Gasteiger partial charge in [-0.05, 0) is 17.7 Å². The molecule has 1 aliphatic rings. The Morgan fingerprint density at radius 3 is 2.74 bits per heavy atom. The quantitative estimate of drug-likeness (QED) is 0.740. The summed E-state index contributed by atoms with van der Waals surface area (Å²) in [6, 6.07) is 16.1. The number of ether oxygens (including phenoxy) is 1.